The van der Waals surface area contributed by atoms with Crippen molar-refractivity contribution in [2.24, 2.45) is 5.73 Å². The lowest BCUT2D eigenvalue weighted by molar-refractivity contribution is -0.110. The van der Waals surface area contributed by atoms with Crippen LogP contribution in [0.1, 0.15) is 48.8 Å². The number of hydrogen-bond donors (Lipinski definition) is 2. The van der Waals surface area contributed by atoms with Crippen LogP contribution in [0, 0.1) is 6.92 Å². The fraction of sp³-hybridized carbons (Fsp3) is 0.400. The summed E-state index contributed by atoms with van der Waals surface area (Å²) in [5.74, 6) is 0.688. The number of unbranched alkanes of at least 4 members (excludes halogenated alkanes) is 1. The van der Waals surface area contributed by atoms with Crippen LogP contribution in [0.15, 0.2) is 42.5 Å². The molecule has 0 unspecified atom stereocenters. The Hall–Kier alpha value is -2.79. The lowest BCUT2D eigenvalue weighted by atomic mass is 9.97. The van der Waals surface area contributed by atoms with Crippen LogP contribution in [0.3, 0.4) is 0 Å². The number of hydrogen-bond acceptors (Lipinski definition) is 4. The van der Waals surface area contributed by atoms with E-state index in [4.69, 9.17) is 10.5 Å². The maximum Gasteiger partial charge on any atom is 0.258 e. The molecule has 2 heterocycles. The second-order valence-electron chi connectivity index (χ2n) is 8.22. The molecule has 2 aromatic carbocycles. The van der Waals surface area contributed by atoms with E-state index in [-0.39, 0.29) is 5.91 Å². The van der Waals surface area contributed by atoms with Crippen molar-refractivity contribution in [3.63, 3.8) is 0 Å². The van der Waals surface area contributed by atoms with E-state index >= 15 is 0 Å². The summed E-state index contributed by atoms with van der Waals surface area (Å²) in [7, 11) is 0. The predicted molar refractivity (Wildman–Crippen MR) is 122 cm³/mol. The van der Waals surface area contributed by atoms with Crippen molar-refractivity contribution in [2.45, 2.75) is 39.0 Å². The summed E-state index contributed by atoms with van der Waals surface area (Å²) in [6.45, 7) is 6.39. The Bertz CT molecular complexity index is 928. The molecule has 30 heavy (non-hydrogen) atoms. The highest BCUT2D eigenvalue weighted by Crippen LogP contribution is 2.37. The molecule has 0 aliphatic carbocycles. The van der Waals surface area contributed by atoms with Crippen LogP contribution < -0.4 is 15.8 Å². The number of benzene rings is 2. The molecule has 0 spiro atoms. The third kappa shape index (κ3) is 4.51. The zero-order valence-electron chi connectivity index (χ0n) is 17.7. The molecule has 1 saturated heterocycles. The first-order valence-electron chi connectivity index (χ1n) is 11.0. The Kier molecular flexibility index (Phi) is 6.38. The molecule has 158 valence electrons. The van der Waals surface area contributed by atoms with E-state index in [1.54, 1.807) is 0 Å². The summed E-state index contributed by atoms with van der Waals surface area (Å²) in [4.78, 5) is 15.1. The van der Waals surface area contributed by atoms with Crippen LogP contribution in [0.4, 0.5) is 5.69 Å². The van der Waals surface area contributed by atoms with Crippen LogP contribution in [0.5, 0.6) is 5.75 Å². The van der Waals surface area contributed by atoms with E-state index in [0.717, 1.165) is 41.2 Å². The minimum absolute atomic E-state index is 0.147. The van der Waals surface area contributed by atoms with Crippen LogP contribution in [0.2, 0.25) is 0 Å². The third-order valence-electron chi connectivity index (χ3n) is 6.02. The average Bonchev–Trinajstić information content (AvgIpc) is 3.11. The molecule has 2 aliphatic rings. The minimum atomic E-state index is -0.147. The van der Waals surface area contributed by atoms with Gasteiger partial charge >= 0.3 is 0 Å². The van der Waals surface area contributed by atoms with Gasteiger partial charge in [0.2, 0.25) is 0 Å². The second-order valence-corrected chi connectivity index (χ2v) is 8.22. The van der Waals surface area contributed by atoms with Gasteiger partial charge in [-0.2, -0.15) is 0 Å². The number of carbonyl (C=O) groups excluding carboxylic acids is 1. The zero-order chi connectivity index (χ0) is 20.9. The zero-order valence-corrected chi connectivity index (χ0v) is 17.7. The number of aryl methyl sites for hydroxylation is 1. The van der Waals surface area contributed by atoms with Gasteiger partial charge in [0.05, 0.1) is 17.9 Å². The summed E-state index contributed by atoms with van der Waals surface area (Å²) in [5, 5.41) is 2.91. The quantitative estimate of drug-likeness (QED) is 0.529. The summed E-state index contributed by atoms with van der Waals surface area (Å²) in [5.41, 5.74) is 11.0. The lowest BCUT2D eigenvalue weighted by Crippen LogP contribution is -2.30. The van der Waals surface area contributed by atoms with Crippen molar-refractivity contribution < 1.29 is 9.53 Å². The number of fused-ring (bicyclic) bond motifs is 1. The molecule has 1 amide bonds. The van der Waals surface area contributed by atoms with Gasteiger partial charge < -0.3 is 20.7 Å². The molecular formula is C25H31N3O2. The number of nitrogens with one attached hydrogen (secondary N) is 1. The van der Waals surface area contributed by atoms with Crippen LogP contribution in [0.25, 0.3) is 11.3 Å². The van der Waals surface area contributed by atoms with Crippen molar-refractivity contribution in [3.05, 3.63) is 59.2 Å². The normalized spacial score (nSPS) is 18.1. The Morgan fingerprint density at radius 1 is 1.07 bits per heavy atom. The Balaban J connectivity index is 1.35. The fourth-order valence-electron chi connectivity index (χ4n) is 4.34. The Morgan fingerprint density at radius 3 is 2.60 bits per heavy atom. The fourth-order valence-corrected chi connectivity index (χ4v) is 4.34. The van der Waals surface area contributed by atoms with Gasteiger partial charge in [-0.05, 0) is 93.7 Å². The number of piperidine rings is 1. The molecule has 3 N–H and O–H groups in total. The highest BCUT2D eigenvalue weighted by molar-refractivity contribution is 6.36. The van der Waals surface area contributed by atoms with Gasteiger partial charge in [-0.3, -0.25) is 4.79 Å². The van der Waals surface area contributed by atoms with Crippen molar-refractivity contribution in [1.82, 2.24) is 4.90 Å². The standard InChI is InChI=1S/C25H31N3O2/c1-18-8-7-9-21-22(18)23(25(29)27-21)24(26)19-10-12-20(13-11-19)30-17-6-5-16-28-14-3-2-4-15-28/h7-13H,2-6,14-17,26H2,1H3,(H,27,29)/b24-23-. The smallest absolute Gasteiger partial charge is 0.258 e. The van der Waals surface area contributed by atoms with Gasteiger partial charge in [-0.1, -0.05) is 18.6 Å². The molecular weight excluding hydrogens is 374 g/mol. The van der Waals surface area contributed by atoms with Gasteiger partial charge in [0, 0.05) is 11.3 Å². The predicted octanol–water partition coefficient (Wildman–Crippen LogP) is 4.42. The van der Waals surface area contributed by atoms with Gasteiger partial charge in [0.25, 0.3) is 5.91 Å². The molecule has 5 nitrogen and oxygen atoms in total. The lowest BCUT2D eigenvalue weighted by Gasteiger charge is -2.26. The monoisotopic (exact) mass is 405 g/mol. The Morgan fingerprint density at radius 2 is 1.83 bits per heavy atom. The maximum atomic E-state index is 12.5. The number of nitrogens with zero attached hydrogens (tertiary/aromatic N) is 1. The average molecular weight is 406 g/mol. The molecule has 0 atom stereocenters. The number of anilines is 1. The van der Waals surface area contributed by atoms with Crippen LogP contribution in [-0.2, 0) is 4.79 Å². The van der Waals surface area contributed by atoms with E-state index in [2.05, 4.69) is 10.2 Å². The highest BCUT2D eigenvalue weighted by Gasteiger charge is 2.28. The molecule has 0 aromatic heterocycles. The van der Waals surface area contributed by atoms with Crippen LogP contribution >= 0.6 is 0 Å². The summed E-state index contributed by atoms with van der Waals surface area (Å²) in [6, 6.07) is 13.5. The molecule has 5 heteroatoms. The van der Waals surface area contributed by atoms with E-state index < -0.39 is 0 Å². The number of carbonyl (C=O) groups is 1. The number of rotatable bonds is 7. The first-order valence-corrected chi connectivity index (χ1v) is 11.0. The summed E-state index contributed by atoms with van der Waals surface area (Å²) < 4.78 is 5.90. The largest absolute Gasteiger partial charge is 0.494 e. The topological polar surface area (TPSA) is 67.6 Å². The number of nitrogens with two attached hydrogens (primary N) is 1. The molecule has 0 bridgehead atoms. The maximum absolute atomic E-state index is 12.5. The molecule has 1 fully saturated rings. The first kappa shape index (κ1) is 20.5. The molecule has 2 aliphatic heterocycles. The van der Waals surface area contributed by atoms with Crippen molar-refractivity contribution in [2.75, 3.05) is 31.6 Å². The third-order valence-corrected chi connectivity index (χ3v) is 6.02. The molecule has 4 rings (SSSR count). The van der Waals surface area contributed by atoms with Crippen molar-refractivity contribution in [1.29, 1.82) is 0 Å². The SMILES string of the molecule is Cc1cccc2c1/C(=C(/N)c1ccc(OCCCCN3CCCCC3)cc1)C(=O)N2. The second kappa shape index (κ2) is 9.35. The van der Waals surface area contributed by atoms with Crippen molar-refractivity contribution in [3.8, 4) is 5.75 Å². The summed E-state index contributed by atoms with van der Waals surface area (Å²) in [6.07, 6.45) is 6.29. The van der Waals surface area contributed by atoms with E-state index in [1.807, 2.05) is 49.4 Å². The first-order chi connectivity index (χ1) is 14.6. The van der Waals surface area contributed by atoms with Crippen LogP contribution in [-0.4, -0.2) is 37.0 Å². The van der Waals surface area contributed by atoms with Gasteiger partial charge in [0.15, 0.2) is 0 Å². The molecule has 0 radical (unpaired) electrons. The van der Waals surface area contributed by atoms with Gasteiger partial charge in [-0.25, -0.2) is 0 Å². The van der Waals surface area contributed by atoms with Gasteiger partial charge in [-0.15, -0.1) is 0 Å². The Labute approximate surface area is 178 Å². The number of likely N-dealkylation sites (tertiary alicyclic amines) is 1. The number of ether oxygens (including phenoxy) is 1. The minimum Gasteiger partial charge on any atom is -0.494 e. The molecule has 2 aromatic rings. The van der Waals surface area contributed by atoms with E-state index in [0.29, 0.717) is 11.3 Å². The van der Waals surface area contributed by atoms with E-state index in [1.165, 1.54) is 45.3 Å². The van der Waals surface area contributed by atoms with E-state index in [9.17, 15) is 4.79 Å². The van der Waals surface area contributed by atoms with Gasteiger partial charge in [0.1, 0.15) is 5.75 Å². The van der Waals surface area contributed by atoms with Crippen molar-refractivity contribution >= 4 is 22.9 Å². The molecule has 0 saturated carbocycles. The highest BCUT2D eigenvalue weighted by atomic mass is 16.5. The number of amides is 1. The summed E-state index contributed by atoms with van der Waals surface area (Å²) >= 11 is 0.